The van der Waals surface area contributed by atoms with Gasteiger partial charge in [-0.25, -0.2) is 0 Å². The Morgan fingerprint density at radius 2 is 1.15 bits per heavy atom. The van der Waals surface area contributed by atoms with E-state index in [4.69, 9.17) is 15.3 Å². The predicted octanol–water partition coefficient (Wildman–Crippen LogP) is 8.34. The smallest absolute Gasteiger partial charge is 0.316 e. The Balaban J connectivity index is -0.000000132. The minimum Gasteiger partial charge on any atom is -0.481 e. The van der Waals surface area contributed by atoms with E-state index in [2.05, 4.69) is 40.0 Å². The Bertz CT molecular complexity index is 580. The molecule has 10 nitrogen and oxygen atoms in total. The molecule has 0 radical (unpaired) electrons. The molecule has 4 N–H and O–H groups in total. The molecule has 0 aliphatic carbocycles. The van der Waals surface area contributed by atoms with Gasteiger partial charge in [-0.05, 0) is 59.5 Å². The van der Waals surface area contributed by atoms with E-state index in [-0.39, 0.29) is 13.0 Å². The van der Waals surface area contributed by atoms with Crippen LogP contribution in [0.1, 0.15) is 144 Å². The number of aliphatic hydroxyl groups excluding tert-OH is 1. The largest absolute Gasteiger partial charge is 0.481 e. The molecule has 10 heteroatoms. The molecule has 0 aromatic rings. The van der Waals surface area contributed by atoms with Gasteiger partial charge in [-0.15, -0.1) is 6.58 Å². The van der Waals surface area contributed by atoms with Crippen molar-refractivity contribution < 1.29 is 43.9 Å². The van der Waals surface area contributed by atoms with Crippen molar-refractivity contribution in [2.75, 3.05) is 61.3 Å². The number of carbonyl (C=O) groups excluding carboxylic acids is 1. The van der Waals surface area contributed by atoms with Gasteiger partial charge in [0, 0.05) is 41.0 Å². The molecule has 0 aromatic carbocycles. The maximum atomic E-state index is 11.1. The number of methoxy groups -OCH3 is 3. The SMILES string of the molecule is C=CCCCCCCC.CCC(C=O)(CCCCCCCCCCC(=O)O)C(=O)O.CCNC.CCO.CCOC.COCCOC. The van der Waals surface area contributed by atoms with Gasteiger partial charge in [0.1, 0.15) is 11.7 Å². The average molecular weight is 682 g/mol. The van der Waals surface area contributed by atoms with E-state index in [0.717, 1.165) is 64.5 Å². The second-order valence-electron chi connectivity index (χ2n) is 10.7. The van der Waals surface area contributed by atoms with Crippen LogP contribution in [0.15, 0.2) is 12.7 Å². The van der Waals surface area contributed by atoms with E-state index >= 15 is 0 Å². The van der Waals surface area contributed by atoms with Gasteiger partial charge in [-0.3, -0.25) is 9.59 Å². The Labute approximate surface area is 290 Å². The number of carbonyl (C=O) groups is 3. The van der Waals surface area contributed by atoms with Gasteiger partial charge in [-0.1, -0.05) is 97.5 Å². The number of ether oxygens (including phenoxy) is 3. The lowest BCUT2D eigenvalue weighted by atomic mass is 9.81. The van der Waals surface area contributed by atoms with Crippen LogP contribution in [0.25, 0.3) is 0 Å². The maximum absolute atomic E-state index is 11.1. The highest BCUT2D eigenvalue weighted by atomic mass is 16.5. The maximum Gasteiger partial charge on any atom is 0.316 e. The number of aliphatic hydroxyl groups is 1. The number of hydrogen-bond acceptors (Lipinski definition) is 8. The lowest BCUT2D eigenvalue weighted by molar-refractivity contribution is -0.152. The zero-order chi connectivity index (χ0) is 37.5. The summed E-state index contributed by atoms with van der Waals surface area (Å²) in [5, 5.41) is 28.1. The molecule has 0 saturated heterocycles. The van der Waals surface area contributed by atoms with E-state index < -0.39 is 17.4 Å². The van der Waals surface area contributed by atoms with Crippen molar-refractivity contribution in [1.82, 2.24) is 5.32 Å². The van der Waals surface area contributed by atoms with Gasteiger partial charge >= 0.3 is 11.9 Å². The molecule has 0 aliphatic rings. The van der Waals surface area contributed by atoms with Crippen LogP contribution < -0.4 is 5.32 Å². The van der Waals surface area contributed by atoms with Gasteiger partial charge in [0.15, 0.2) is 0 Å². The Kier molecular flexibility index (Phi) is 69.0. The normalized spacial score (nSPS) is 10.7. The van der Waals surface area contributed by atoms with Gasteiger partial charge in [0.05, 0.1) is 13.2 Å². The first-order chi connectivity index (χ1) is 22.6. The molecular formula is C37H79NO9. The molecular weight excluding hydrogens is 602 g/mol. The molecule has 0 spiro atoms. The van der Waals surface area contributed by atoms with Crippen LogP contribution >= 0.6 is 0 Å². The van der Waals surface area contributed by atoms with Gasteiger partial charge in [-0.2, -0.15) is 0 Å². The second kappa shape index (κ2) is 56.5. The molecule has 1 atom stereocenters. The molecule has 0 aromatic heterocycles. The van der Waals surface area contributed by atoms with E-state index in [1.54, 1.807) is 35.2 Å². The number of rotatable bonds is 25. The number of aliphatic carboxylic acids is 2. The third-order valence-corrected chi connectivity index (χ3v) is 6.69. The summed E-state index contributed by atoms with van der Waals surface area (Å²) < 4.78 is 13.9. The van der Waals surface area contributed by atoms with Gasteiger partial charge < -0.3 is 39.6 Å². The molecule has 47 heavy (non-hydrogen) atoms. The number of unbranched alkanes of at least 4 members (excludes halogenated alkanes) is 12. The molecule has 286 valence electrons. The third-order valence-electron chi connectivity index (χ3n) is 6.69. The third kappa shape index (κ3) is 63.5. The Morgan fingerprint density at radius 1 is 0.745 bits per heavy atom. The minimum absolute atomic E-state index is 0.250. The van der Waals surface area contributed by atoms with Crippen molar-refractivity contribution in [1.29, 1.82) is 0 Å². The Hall–Kier alpha value is -1.85. The fraction of sp³-hybridized carbons (Fsp3) is 0.865. The highest BCUT2D eigenvalue weighted by molar-refractivity contribution is 5.91. The number of nitrogens with one attached hydrogen (secondary N) is 1. The topological polar surface area (TPSA) is 152 Å². The van der Waals surface area contributed by atoms with Gasteiger partial charge in [0.2, 0.25) is 0 Å². The predicted molar refractivity (Wildman–Crippen MR) is 197 cm³/mol. The van der Waals surface area contributed by atoms with Crippen molar-refractivity contribution in [3.05, 3.63) is 12.7 Å². The van der Waals surface area contributed by atoms with Crippen LogP contribution in [-0.2, 0) is 28.6 Å². The molecule has 0 fully saturated rings. The summed E-state index contributed by atoms with van der Waals surface area (Å²) in [5.74, 6) is -1.75. The standard InChI is InChI=1S/C16H28O5.C9H18.C4H10O2.C3H9N.C3H8O.C2H6O/c1-2-16(13-17,15(20)21)12-10-8-6-4-3-5-7-9-11-14(18)19;1-3-5-7-9-8-6-4-2;1-5-3-4-6-2;2*1-3-4-2;1-2-3/h13H,2-12H2,1H3,(H,18,19)(H,20,21);3H,1,4-9H2,2H3;3-4H2,1-2H3;4H,3H2,1-2H3;3H2,1-2H3;3H,2H2,1H3. The van der Waals surface area contributed by atoms with Crippen molar-refractivity contribution in [2.24, 2.45) is 5.41 Å². The molecule has 0 rings (SSSR count). The summed E-state index contributed by atoms with van der Waals surface area (Å²) in [6.07, 6.45) is 19.3. The van der Waals surface area contributed by atoms with Crippen molar-refractivity contribution in [3.63, 3.8) is 0 Å². The summed E-state index contributed by atoms with van der Waals surface area (Å²) in [5.41, 5.74) is -1.20. The molecule has 0 saturated carbocycles. The first kappa shape index (κ1) is 57.4. The summed E-state index contributed by atoms with van der Waals surface area (Å²) in [4.78, 5) is 32.4. The van der Waals surface area contributed by atoms with Crippen molar-refractivity contribution >= 4 is 18.2 Å². The van der Waals surface area contributed by atoms with E-state index in [9.17, 15) is 14.4 Å². The Morgan fingerprint density at radius 3 is 1.45 bits per heavy atom. The fourth-order valence-electron chi connectivity index (χ4n) is 3.46. The summed E-state index contributed by atoms with van der Waals surface area (Å²) in [7, 11) is 6.91. The zero-order valence-corrected chi connectivity index (χ0v) is 32.2. The molecule has 0 heterocycles. The van der Waals surface area contributed by atoms with Crippen LogP contribution in [0, 0.1) is 5.41 Å². The second-order valence-corrected chi connectivity index (χ2v) is 10.7. The van der Waals surface area contributed by atoms with Crippen LogP contribution in [0.2, 0.25) is 0 Å². The fourth-order valence-corrected chi connectivity index (χ4v) is 3.46. The van der Waals surface area contributed by atoms with Crippen LogP contribution in [-0.4, -0.2) is 94.9 Å². The van der Waals surface area contributed by atoms with Crippen molar-refractivity contribution in [2.45, 2.75) is 144 Å². The van der Waals surface area contributed by atoms with Gasteiger partial charge in [0.25, 0.3) is 0 Å². The number of carboxylic acids is 2. The zero-order valence-electron chi connectivity index (χ0n) is 32.2. The number of aldehydes is 1. The van der Waals surface area contributed by atoms with Crippen LogP contribution in [0.3, 0.4) is 0 Å². The number of hydrogen-bond donors (Lipinski definition) is 4. The van der Waals surface area contributed by atoms with E-state index in [1.165, 1.54) is 38.5 Å². The molecule has 0 amide bonds. The monoisotopic (exact) mass is 682 g/mol. The highest BCUT2D eigenvalue weighted by Crippen LogP contribution is 2.27. The van der Waals surface area contributed by atoms with E-state index in [0.29, 0.717) is 32.3 Å². The first-order valence-corrected chi connectivity index (χ1v) is 17.8. The average Bonchev–Trinajstić information content (AvgIpc) is 3.07. The lowest BCUT2D eigenvalue weighted by Gasteiger charge is -2.20. The number of carboxylic acid groups (broad SMARTS) is 2. The lowest BCUT2D eigenvalue weighted by Crippen LogP contribution is -2.31. The van der Waals surface area contributed by atoms with Crippen LogP contribution in [0.4, 0.5) is 0 Å². The quantitative estimate of drug-likeness (QED) is 0.0320. The molecule has 0 bridgehead atoms. The summed E-state index contributed by atoms with van der Waals surface area (Å²) in [6, 6.07) is 0. The number of allylic oxidation sites excluding steroid dienone is 1. The summed E-state index contributed by atoms with van der Waals surface area (Å²) in [6.45, 7) is 16.9. The minimum atomic E-state index is -1.20. The van der Waals surface area contributed by atoms with Crippen LogP contribution in [0.5, 0.6) is 0 Å². The van der Waals surface area contributed by atoms with Crippen molar-refractivity contribution in [3.8, 4) is 0 Å². The highest BCUT2D eigenvalue weighted by Gasteiger charge is 2.35. The summed E-state index contributed by atoms with van der Waals surface area (Å²) >= 11 is 0. The molecule has 0 aliphatic heterocycles. The first-order valence-electron chi connectivity index (χ1n) is 17.8. The van der Waals surface area contributed by atoms with E-state index in [1.807, 2.05) is 20.0 Å². The molecule has 1 unspecified atom stereocenters.